The maximum atomic E-state index is 14.5. The first-order valence-corrected chi connectivity index (χ1v) is 16.6. The van der Waals surface area contributed by atoms with E-state index in [1.807, 2.05) is 51.1 Å². The minimum atomic E-state index is -4.25. The molecule has 2 amide bonds. The predicted molar refractivity (Wildman–Crippen MR) is 177 cm³/mol. The number of rotatable bonds is 14. The fourth-order valence-electron chi connectivity index (χ4n) is 4.91. The number of nitrogens with one attached hydrogen (secondary N) is 1. The summed E-state index contributed by atoms with van der Waals surface area (Å²) in [5.74, 6) is -1.01. The average Bonchev–Trinajstić information content (AvgIpc) is 3.06. The zero-order chi connectivity index (χ0) is 33.3. The quantitative estimate of drug-likeness (QED) is 0.185. The molecule has 4 rings (SSSR count). The number of anilines is 1. The molecule has 0 aliphatic carbocycles. The fraction of sp³-hybridized carbons (Fsp3) is 0.278. The number of amides is 2. The van der Waals surface area contributed by atoms with E-state index in [-0.39, 0.29) is 35.5 Å². The minimum Gasteiger partial charge on any atom is -0.497 e. The highest BCUT2D eigenvalue weighted by molar-refractivity contribution is 7.92. The van der Waals surface area contributed by atoms with Crippen LogP contribution in [-0.2, 0) is 32.6 Å². The Labute approximate surface area is 270 Å². The highest BCUT2D eigenvalue weighted by Gasteiger charge is 2.35. The zero-order valence-electron chi connectivity index (χ0n) is 26.5. The van der Waals surface area contributed by atoms with Crippen molar-refractivity contribution in [1.29, 1.82) is 0 Å². The second-order valence-electron chi connectivity index (χ2n) is 11.2. The number of benzene rings is 4. The molecule has 0 saturated carbocycles. The standard InChI is InChI=1S/C36H40FN3O5S/c1-5-27(3)38-36(42)34(22-28-10-7-6-8-11-28)39(24-29-16-18-30(37)19-17-29)35(41)25-40(31-12-9-13-32(23-31)45-4)46(43,44)33-20-14-26(2)15-21-33/h6-21,23,27,34H,5,22,24-25H2,1-4H3,(H,38,42)/t27-,34+/m0/s1. The lowest BCUT2D eigenvalue weighted by Crippen LogP contribution is -2.54. The number of halogens is 1. The van der Waals surface area contributed by atoms with Crippen molar-refractivity contribution in [3.63, 3.8) is 0 Å². The summed E-state index contributed by atoms with van der Waals surface area (Å²) in [5.41, 5.74) is 2.50. The lowest BCUT2D eigenvalue weighted by molar-refractivity contribution is -0.140. The molecule has 46 heavy (non-hydrogen) atoms. The Morgan fingerprint density at radius 3 is 2.20 bits per heavy atom. The molecule has 0 aromatic heterocycles. The maximum absolute atomic E-state index is 14.5. The molecule has 0 aliphatic heterocycles. The number of methoxy groups -OCH3 is 1. The van der Waals surface area contributed by atoms with Gasteiger partial charge in [0.2, 0.25) is 11.8 Å². The minimum absolute atomic E-state index is 0.00848. The molecule has 0 aliphatic rings. The summed E-state index contributed by atoms with van der Waals surface area (Å²) in [6.07, 6.45) is 0.855. The molecule has 0 heterocycles. The van der Waals surface area contributed by atoms with E-state index in [4.69, 9.17) is 4.74 Å². The van der Waals surface area contributed by atoms with Crippen molar-refractivity contribution in [2.45, 2.75) is 57.1 Å². The Morgan fingerprint density at radius 2 is 1.57 bits per heavy atom. The molecule has 8 nitrogen and oxygen atoms in total. The van der Waals surface area contributed by atoms with Crippen LogP contribution in [0.25, 0.3) is 0 Å². The van der Waals surface area contributed by atoms with Crippen LogP contribution in [0.4, 0.5) is 10.1 Å². The largest absolute Gasteiger partial charge is 0.497 e. The first-order chi connectivity index (χ1) is 22.0. The maximum Gasteiger partial charge on any atom is 0.264 e. The molecule has 0 spiro atoms. The number of hydrogen-bond donors (Lipinski definition) is 1. The summed E-state index contributed by atoms with van der Waals surface area (Å²) in [7, 11) is -2.78. The molecule has 1 N–H and O–H groups in total. The Morgan fingerprint density at radius 1 is 0.891 bits per heavy atom. The molecule has 0 unspecified atom stereocenters. The molecule has 4 aromatic rings. The van der Waals surface area contributed by atoms with E-state index >= 15 is 0 Å². The van der Waals surface area contributed by atoms with E-state index in [1.54, 1.807) is 48.5 Å². The third kappa shape index (κ3) is 8.72. The van der Waals surface area contributed by atoms with Crippen LogP contribution in [0.15, 0.2) is 108 Å². The first-order valence-electron chi connectivity index (χ1n) is 15.1. The van der Waals surface area contributed by atoms with Crippen LogP contribution in [0.5, 0.6) is 5.75 Å². The van der Waals surface area contributed by atoms with Gasteiger partial charge in [-0.1, -0.05) is 73.2 Å². The first kappa shape index (κ1) is 34.2. The van der Waals surface area contributed by atoms with Gasteiger partial charge >= 0.3 is 0 Å². The number of ether oxygens (including phenoxy) is 1. The summed E-state index contributed by atoms with van der Waals surface area (Å²) in [5, 5.41) is 3.00. The van der Waals surface area contributed by atoms with E-state index in [2.05, 4.69) is 5.32 Å². The summed E-state index contributed by atoms with van der Waals surface area (Å²) >= 11 is 0. The van der Waals surface area contributed by atoms with Gasteiger partial charge in [0.25, 0.3) is 10.0 Å². The fourth-order valence-corrected chi connectivity index (χ4v) is 6.32. The van der Waals surface area contributed by atoms with Gasteiger partial charge in [-0.25, -0.2) is 12.8 Å². The van der Waals surface area contributed by atoms with Crippen LogP contribution in [0, 0.1) is 12.7 Å². The van der Waals surface area contributed by atoms with Crippen LogP contribution in [0.2, 0.25) is 0 Å². The van der Waals surface area contributed by atoms with Crippen molar-refractivity contribution in [1.82, 2.24) is 10.2 Å². The van der Waals surface area contributed by atoms with Gasteiger partial charge in [-0.2, -0.15) is 0 Å². The van der Waals surface area contributed by atoms with Crippen molar-refractivity contribution >= 4 is 27.5 Å². The highest BCUT2D eigenvalue weighted by atomic mass is 32.2. The van der Waals surface area contributed by atoms with Gasteiger partial charge in [0.05, 0.1) is 17.7 Å². The number of hydrogen-bond acceptors (Lipinski definition) is 5. The van der Waals surface area contributed by atoms with Crippen LogP contribution in [0.1, 0.15) is 37.0 Å². The number of nitrogens with zero attached hydrogens (tertiary/aromatic N) is 2. The third-order valence-corrected chi connectivity index (χ3v) is 9.56. The second kappa shape index (κ2) is 15.5. The van der Waals surface area contributed by atoms with Gasteiger partial charge in [0.1, 0.15) is 24.2 Å². The topological polar surface area (TPSA) is 96.0 Å². The molecule has 0 radical (unpaired) electrons. The molecule has 0 saturated heterocycles. The lowest BCUT2D eigenvalue weighted by Gasteiger charge is -2.34. The average molecular weight is 646 g/mol. The van der Waals surface area contributed by atoms with Crippen LogP contribution in [-0.4, -0.2) is 50.9 Å². The summed E-state index contributed by atoms with van der Waals surface area (Å²) < 4.78 is 48.6. The molecule has 0 bridgehead atoms. The van der Waals surface area contributed by atoms with Crippen LogP contribution < -0.4 is 14.4 Å². The van der Waals surface area contributed by atoms with Gasteiger partial charge < -0.3 is 15.0 Å². The normalized spacial score (nSPS) is 12.5. The predicted octanol–water partition coefficient (Wildman–Crippen LogP) is 5.89. The smallest absolute Gasteiger partial charge is 0.264 e. The van der Waals surface area contributed by atoms with Gasteiger partial charge in [-0.15, -0.1) is 0 Å². The molecule has 2 atom stereocenters. The Hall–Kier alpha value is -4.70. The molecule has 4 aromatic carbocycles. The van der Waals surface area contributed by atoms with Crippen molar-refractivity contribution in [2.75, 3.05) is 18.0 Å². The number of carbonyl (C=O) groups excluding carboxylic acids is 2. The second-order valence-corrected chi connectivity index (χ2v) is 13.1. The summed E-state index contributed by atoms with van der Waals surface area (Å²) in [6, 6.07) is 26.6. The molecule has 0 fully saturated rings. The van der Waals surface area contributed by atoms with Crippen molar-refractivity contribution in [3.05, 3.63) is 126 Å². The molecule has 10 heteroatoms. The monoisotopic (exact) mass is 645 g/mol. The van der Waals surface area contributed by atoms with Gasteiger partial charge in [0.15, 0.2) is 0 Å². The van der Waals surface area contributed by atoms with E-state index < -0.39 is 34.3 Å². The van der Waals surface area contributed by atoms with Gasteiger partial charge in [-0.05, 0) is 67.8 Å². The van der Waals surface area contributed by atoms with E-state index in [0.29, 0.717) is 17.7 Å². The van der Waals surface area contributed by atoms with E-state index in [1.165, 1.54) is 36.3 Å². The van der Waals surface area contributed by atoms with Gasteiger partial charge in [0, 0.05) is 25.1 Å². The lowest BCUT2D eigenvalue weighted by atomic mass is 10.0. The molecular weight excluding hydrogens is 605 g/mol. The molecule has 242 valence electrons. The number of carbonyl (C=O) groups is 2. The highest BCUT2D eigenvalue weighted by Crippen LogP contribution is 2.28. The SMILES string of the molecule is CC[C@H](C)NC(=O)[C@@H](Cc1ccccc1)N(Cc1ccc(F)cc1)C(=O)CN(c1cccc(OC)c1)S(=O)(=O)c1ccc(C)cc1. The summed E-state index contributed by atoms with van der Waals surface area (Å²) in [4.78, 5) is 29.8. The van der Waals surface area contributed by atoms with Crippen LogP contribution in [0.3, 0.4) is 0 Å². The van der Waals surface area contributed by atoms with Crippen molar-refractivity contribution < 1.29 is 27.1 Å². The van der Waals surface area contributed by atoms with E-state index in [0.717, 1.165) is 15.4 Å². The van der Waals surface area contributed by atoms with E-state index in [9.17, 15) is 22.4 Å². The van der Waals surface area contributed by atoms with Crippen molar-refractivity contribution in [3.8, 4) is 5.75 Å². The zero-order valence-corrected chi connectivity index (χ0v) is 27.3. The third-order valence-electron chi connectivity index (χ3n) is 7.77. The Balaban J connectivity index is 1.82. The Kier molecular flexibility index (Phi) is 11.5. The molecular formula is C36H40FN3O5S. The van der Waals surface area contributed by atoms with Crippen LogP contribution >= 0.6 is 0 Å². The summed E-state index contributed by atoms with van der Waals surface area (Å²) in [6.45, 7) is 5.01. The van der Waals surface area contributed by atoms with Crippen molar-refractivity contribution in [2.24, 2.45) is 0 Å². The number of sulfonamides is 1. The number of aryl methyl sites for hydroxylation is 1. The van der Waals surface area contributed by atoms with Gasteiger partial charge in [-0.3, -0.25) is 13.9 Å². The Bertz CT molecular complexity index is 1720.